The van der Waals surface area contributed by atoms with Crippen LogP contribution in [0.4, 0.5) is 0 Å². The van der Waals surface area contributed by atoms with Crippen LogP contribution in [0.15, 0.2) is 30.3 Å². The first-order valence-electron chi connectivity index (χ1n) is 10.3. The number of carbonyl (C=O) groups excluding carboxylic acids is 2. The number of halogens is 1. The maximum absolute atomic E-state index is 12.8. The number of aromatic nitrogens is 2. The predicted octanol–water partition coefficient (Wildman–Crippen LogP) is 4.16. The Hall–Kier alpha value is -2.60. The van der Waals surface area contributed by atoms with Crippen LogP contribution in [0.25, 0.3) is 6.08 Å². The van der Waals surface area contributed by atoms with Gasteiger partial charge in [0.2, 0.25) is 5.91 Å². The van der Waals surface area contributed by atoms with Crippen LogP contribution in [0.2, 0.25) is 5.02 Å². The summed E-state index contributed by atoms with van der Waals surface area (Å²) in [5.41, 5.74) is 3.68. The predicted molar refractivity (Wildman–Crippen MR) is 117 cm³/mol. The van der Waals surface area contributed by atoms with Crippen LogP contribution in [0, 0.1) is 13.8 Å². The molecule has 6 nitrogen and oxygen atoms in total. The second-order valence-corrected chi connectivity index (χ2v) is 7.87. The van der Waals surface area contributed by atoms with E-state index in [2.05, 4.69) is 5.10 Å². The summed E-state index contributed by atoms with van der Waals surface area (Å²) in [7, 11) is 0. The van der Waals surface area contributed by atoms with Crippen LogP contribution in [0.5, 0.6) is 0 Å². The number of ether oxygens (including phenoxy) is 1. The number of likely N-dealkylation sites (tertiary alicyclic amines) is 1. The zero-order valence-electron chi connectivity index (χ0n) is 17.7. The number of hydrogen-bond donors (Lipinski definition) is 0. The monoisotopic (exact) mass is 429 g/mol. The summed E-state index contributed by atoms with van der Waals surface area (Å²) >= 11 is 6.28. The van der Waals surface area contributed by atoms with Gasteiger partial charge in [-0.2, -0.15) is 5.10 Å². The van der Waals surface area contributed by atoms with Crippen LogP contribution >= 0.6 is 11.6 Å². The normalized spacial score (nSPS) is 16.8. The third kappa shape index (κ3) is 4.93. The number of carbonyl (C=O) groups is 2. The molecule has 2 aromatic rings. The maximum Gasteiger partial charge on any atom is 0.328 e. The molecular formula is C23H28ClN3O3. The molecule has 3 rings (SSSR count). The van der Waals surface area contributed by atoms with Gasteiger partial charge < -0.3 is 9.64 Å². The van der Waals surface area contributed by atoms with Crippen molar-refractivity contribution in [1.29, 1.82) is 0 Å². The zero-order chi connectivity index (χ0) is 21.7. The van der Waals surface area contributed by atoms with Crippen LogP contribution in [0.3, 0.4) is 0 Å². The van der Waals surface area contributed by atoms with Crippen LogP contribution in [-0.4, -0.2) is 45.8 Å². The van der Waals surface area contributed by atoms with Gasteiger partial charge in [-0.25, -0.2) is 4.79 Å². The summed E-state index contributed by atoms with van der Waals surface area (Å²) in [6.07, 6.45) is 5.79. The molecule has 0 N–H and O–H groups in total. The smallest absolute Gasteiger partial charge is 0.328 e. The van der Waals surface area contributed by atoms with Gasteiger partial charge in [0.15, 0.2) is 0 Å². The number of piperidine rings is 1. The summed E-state index contributed by atoms with van der Waals surface area (Å²) in [6.45, 7) is 7.11. The van der Waals surface area contributed by atoms with Gasteiger partial charge in [-0.05, 0) is 57.7 Å². The average molecular weight is 430 g/mol. The molecule has 0 radical (unpaired) electrons. The Kier molecular flexibility index (Phi) is 7.32. The molecule has 0 saturated carbocycles. The van der Waals surface area contributed by atoms with E-state index < -0.39 is 6.04 Å². The summed E-state index contributed by atoms with van der Waals surface area (Å²) in [6, 6.07) is 7.19. The van der Waals surface area contributed by atoms with Crippen molar-refractivity contribution < 1.29 is 14.3 Å². The van der Waals surface area contributed by atoms with Crippen molar-refractivity contribution in [2.45, 2.75) is 52.6 Å². The number of hydrogen-bond acceptors (Lipinski definition) is 4. The molecule has 160 valence electrons. The lowest BCUT2D eigenvalue weighted by Gasteiger charge is -2.33. The molecule has 0 aliphatic carbocycles. The molecule has 1 aliphatic rings. The van der Waals surface area contributed by atoms with Gasteiger partial charge in [-0.15, -0.1) is 0 Å². The van der Waals surface area contributed by atoms with Gasteiger partial charge in [0.25, 0.3) is 0 Å². The van der Waals surface area contributed by atoms with E-state index in [9.17, 15) is 9.59 Å². The molecule has 1 saturated heterocycles. The van der Waals surface area contributed by atoms with Crippen molar-refractivity contribution in [2.75, 3.05) is 13.2 Å². The number of esters is 1. The Morgan fingerprint density at radius 2 is 2.03 bits per heavy atom. The highest BCUT2D eigenvalue weighted by atomic mass is 35.5. The van der Waals surface area contributed by atoms with E-state index in [1.54, 1.807) is 17.9 Å². The highest BCUT2D eigenvalue weighted by molar-refractivity contribution is 6.31. The topological polar surface area (TPSA) is 64.4 Å². The third-order valence-electron chi connectivity index (χ3n) is 5.45. The number of amides is 1. The Morgan fingerprint density at radius 1 is 1.27 bits per heavy atom. The lowest BCUT2D eigenvalue weighted by molar-refractivity contribution is -0.155. The first-order chi connectivity index (χ1) is 14.4. The minimum atomic E-state index is -0.499. The Morgan fingerprint density at radius 3 is 2.77 bits per heavy atom. The van der Waals surface area contributed by atoms with E-state index in [0.29, 0.717) is 31.1 Å². The maximum atomic E-state index is 12.8. The molecule has 0 bridgehead atoms. The zero-order valence-corrected chi connectivity index (χ0v) is 18.5. The molecule has 7 heteroatoms. The minimum absolute atomic E-state index is 0.176. The third-order valence-corrected chi connectivity index (χ3v) is 5.82. The molecule has 30 heavy (non-hydrogen) atoms. The van der Waals surface area contributed by atoms with Crippen LogP contribution in [0.1, 0.15) is 48.7 Å². The van der Waals surface area contributed by atoms with Crippen LogP contribution in [-0.2, 0) is 20.9 Å². The van der Waals surface area contributed by atoms with E-state index in [0.717, 1.165) is 35.4 Å². The number of rotatable bonds is 6. The largest absolute Gasteiger partial charge is 0.464 e. The van der Waals surface area contributed by atoms with Crippen molar-refractivity contribution in [2.24, 2.45) is 0 Å². The molecule has 1 atom stereocenters. The molecule has 1 amide bonds. The van der Waals surface area contributed by atoms with Gasteiger partial charge in [-0.1, -0.05) is 29.8 Å². The van der Waals surface area contributed by atoms with E-state index >= 15 is 0 Å². The molecule has 1 aromatic heterocycles. The highest BCUT2D eigenvalue weighted by Crippen LogP contribution is 2.22. The van der Waals surface area contributed by atoms with Crippen molar-refractivity contribution in [3.63, 3.8) is 0 Å². The fourth-order valence-corrected chi connectivity index (χ4v) is 4.02. The van der Waals surface area contributed by atoms with Gasteiger partial charge in [-0.3, -0.25) is 9.48 Å². The fraction of sp³-hybridized carbons (Fsp3) is 0.435. The van der Waals surface area contributed by atoms with Gasteiger partial charge in [0, 0.05) is 28.9 Å². The Bertz CT molecular complexity index is 951. The van der Waals surface area contributed by atoms with E-state index in [1.807, 2.05) is 42.8 Å². The lowest BCUT2D eigenvalue weighted by Crippen LogP contribution is -2.48. The summed E-state index contributed by atoms with van der Waals surface area (Å²) in [5, 5.41) is 5.31. The summed E-state index contributed by atoms with van der Waals surface area (Å²) in [4.78, 5) is 26.7. The SMILES string of the molecule is CCOC(=O)C1CCCCN1C(=O)C=Cc1c(C)nn(Cc2ccccc2Cl)c1C. The average Bonchev–Trinajstić information content (AvgIpc) is 3.00. The second-order valence-electron chi connectivity index (χ2n) is 7.46. The Labute approximate surface area is 182 Å². The number of aryl methyl sites for hydroxylation is 1. The minimum Gasteiger partial charge on any atom is -0.464 e. The molecular weight excluding hydrogens is 402 g/mol. The summed E-state index contributed by atoms with van der Waals surface area (Å²) in [5.74, 6) is -0.496. The van der Waals surface area contributed by atoms with Crippen molar-refractivity contribution >= 4 is 29.6 Å². The standard InChI is InChI=1S/C23H28ClN3O3/c1-4-30-23(29)21-11-7-8-14-26(21)22(28)13-12-19-16(2)25-27(17(19)3)15-18-9-5-6-10-20(18)24/h5-6,9-10,12-13,21H,4,7-8,11,14-15H2,1-3H3. The molecule has 0 spiro atoms. The summed E-state index contributed by atoms with van der Waals surface area (Å²) < 4.78 is 7.04. The van der Waals surface area contributed by atoms with E-state index in [4.69, 9.17) is 16.3 Å². The molecule has 2 heterocycles. The second kappa shape index (κ2) is 9.94. The quantitative estimate of drug-likeness (QED) is 0.511. The van der Waals surface area contributed by atoms with Crippen molar-refractivity contribution in [3.05, 3.63) is 57.9 Å². The Balaban J connectivity index is 1.77. The molecule has 1 unspecified atom stereocenters. The van der Waals surface area contributed by atoms with E-state index in [-0.39, 0.29) is 11.9 Å². The lowest BCUT2D eigenvalue weighted by atomic mass is 10.0. The molecule has 1 aromatic carbocycles. The van der Waals surface area contributed by atoms with Crippen molar-refractivity contribution in [3.8, 4) is 0 Å². The highest BCUT2D eigenvalue weighted by Gasteiger charge is 2.32. The van der Waals surface area contributed by atoms with Crippen molar-refractivity contribution in [1.82, 2.24) is 14.7 Å². The van der Waals surface area contributed by atoms with Gasteiger partial charge in [0.1, 0.15) is 6.04 Å². The first-order valence-corrected chi connectivity index (χ1v) is 10.7. The van der Waals surface area contributed by atoms with Gasteiger partial charge >= 0.3 is 5.97 Å². The van der Waals surface area contributed by atoms with Crippen LogP contribution < -0.4 is 0 Å². The molecule has 1 aliphatic heterocycles. The number of nitrogens with zero attached hydrogens (tertiary/aromatic N) is 3. The number of benzene rings is 1. The van der Waals surface area contributed by atoms with Gasteiger partial charge in [0.05, 0.1) is 18.8 Å². The van der Waals surface area contributed by atoms with E-state index in [1.165, 1.54) is 6.08 Å². The molecule has 1 fully saturated rings. The first kappa shape index (κ1) is 22.1. The fourth-order valence-electron chi connectivity index (χ4n) is 3.82.